The number of piperidine rings is 2. The van der Waals surface area contributed by atoms with Gasteiger partial charge in [0.05, 0.1) is 23.0 Å². The number of carbonyl (C=O) groups is 5. The first-order valence-electron chi connectivity index (χ1n) is 15.8. The molecule has 6 heterocycles. The molecule has 46 heavy (non-hydrogen) atoms. The molecule has 5 amide bonds. The van der Waals surface area contributed by atoms with E-state index in [4.69, 9.17) is 4.52 Å². The minimum Gasteiger partial charge on any atom is -0.371 e. The van der Waals surface area contributed by atoms with Crippen molar-refractivity contribution in [2.45, 2.75) is 38.6 Å². The number of imide groups is 2. The van der Waals surface area contributed by atoms with Crippen LogP contribution in [0.4, 0.5) is 5.69 Å². The number of nitrogens with zero attached hydrogens (tertiary/aromatic N) is 7. The zero-order valence-corrected chi connectivity index (χ0v) is 25.9. The van der Waals surface area contributed by atoms with Crippen molar-refractivity contribution in [3.05, 3.63) is 53.0 Å². The third-order valence-electron chi connectivity index (χ3n) is 9.81. The van der Waals surface area contributed by atoms with Crippen LogP contribution in [0, 0.1) is 12.8 Å². The van der Waals surface area contributed by atoms with Crippen molar-refractivity contribution in [1.82, 2.24) is 35.0 Å². The first kappa shape index (κ1) is 29.8. The number of nitrogens with one attached hydrogen (secondary N) is 1. The number of hydrogen-bond acceptors (Lipinski definition) is 10. The van der Waals surface area contributed by atoms with Crippen LogP contribution in [0.25, 0.3) is 11.3 Å². The number of benzene rings is 1. The van der Waals surface area contributed by atoms with Gasteiger partial charge >= 0.3 is 0 Å². The number of hydrogen-bond donors (Lipinski definition) is 1. The van der Waals surface area contributed by atoms with Gasteiger partial charge in [-0.3, -0.25) is 43.8 Å². The van der Waals surface area contributed by atoms with Crippen LogP contribution in [0.2, 0.25) is 0 Å². The summed E-state index contributed by atoms with van der Waals surface area (Å²) >= 11 is 0. The highest BCUT2D eigenvalue weighted by Crippen LogP contribution is 2.36. The van der Waals surface area contributed by atoms with Crippen molar-refractivity contribution in [1.29, 1.82) is 0 Å². The van der Waals surface area contributed by atoms with Gasteiger partial charge in [-0.15, -0.1) is 0 Å². The molecule has 2 aromatic heterocycles. The summed E-state index contributed by atoms with van der Waals surface area (Å²) in [6.45, 7) is 7.10. The van der Waals surface area contributed by atoms with Crippen LogP contribution in [0.3, 0.4) is 0 Å². The van der Waals surface area contributed by atoms with Gasteiger partial charge in [0.25, 0.3) is 17.7 Å². The molecule has 3 fully saturated rings. The van der Waals surface area contributed by atoms with E-state index in [1.807, 2.05) is 24.9 Å². The molecule has 1 aromatic carbocycles. The Morgan fingerprint density at radius 3 is 2.43 bits per heavy atom. The Kier molecular flexibility index (Phi) is 7.67. The van der Waals surface area contributed by atoms with E-state index < -0.39 is 29.7 Å². The third kappa shape index (κ3) is 5.25. The summed E-state index contributed by atoms with van der Waals surface area (Å²) in [6.07, 6.45) is 3.79. The SMILES string of the molecule is Cc1c(-c2cc(C(=O)N3CCN(CC4CCN(c5cccc6c5C(=O)N(C5CCC(=O)NC5=O)C6=O)CC4)CC3)on2)cnn1C. The lowest BCUT2D eigenvalue weighted by atomic mass is 9.94. The van der Waals surface area contributed by atoms with E-state index in [0.717, 1.165) is 61.7 Å². The minimum atomic E-state index is -0.983. The fourth-order valence-corrected chi connectivity index (χ4v) is 7.02. The highest BCUT2D eigenvalue weighted by Gasteiger charge is 2.46. The van der Waals surface area contributed by atoms with Crippen molar-refractivity contribution in [3.8, 4) is 11.3 Å². The van der Waals surface area contributed by atoms with Crippen LogP contribution >= 0.6 is 0 Å². The molecule has 0 saturated carbocycles. The first-order valence-corrected chi connectivity index (χ1v) is 15.8. The van der Waals surface area contributed by atoms with Gasteiger partial charge < -0.3 is 14.3 Å². The second kappa shape index (κ2) is 11.8. The molecule has 14 heteroatoms. The molecule has 0 aliphatic carbocycles. The van der Waals surface area contributed by atoms with Gasteiger partial charge in [0.2, 0.25) is 17.6 Å². The molecule has 0 radical (unpaired) electrons. The van der Waals surface area contributed by atoms with Crippen LogP contribution in [0.15, 0.2) is 35.0 Å². The molecule has 3 aromatic rings. The molecule has 7 rings (SSSR count). The number of amides is 5. The van der Waals surface area contributed by atoms with Crippen molar-refractivity contribution < 1.29 is 28.5 Å². The summed E-state index contributed by atoms with van der Waals surface area (Å²) in [5.74, 6) is -1.44. The second-order valence-electron chi connectivity index (χ2n) is 12.5. The van der Waals surface area contributed by atoms with Gasteiger partial charge in [0.1, 0.15) is 11.7 Å². The normalized spacial score (nSPS) is 21.3. The monoisotopic (exact) mass is 628 g/mol. The summed E-state index contributed by atoms with van der Waals surface area (Å²) in [7, 11) is 1.86. The lowest BCUT2D eigenvalue weighted by Gasteiger charge is -2.39. The molecular formula is C32H36N8O6. The largest absolute Gasteiger partial charge is 0.371 e. The molecule has 3 saturated heterocycles. The standard InChI is InChI=1S/C32H36N8O6/c1-19-22(17-33-36(19)2)23-16-26(46-35-23)31(44)39-14-12-37(13-15-39)18-20-8-10-38(11-9-20)24-5-3-4-21-28(24)32(45)40(30(21)43)25-6-7-27(41)34-29(25)42/h3-5,16-17,20,25H,6-15,18H2,1-2H3,(H,34,41,42). The fourth-order valence-electron chi connectivity index (χ4n) is 7.02. The van der Waals surface area contributed by atoms with Crippen molar-refractivity contribution in [2.24, 2.45) is 13.0 Å². The highest BCUT2D eigenvalue weighted by atomic mass is 16.5. The van der Waals surface area contributed by atoms with E-state index in [1.165, 1.54) is 0 Å². The predicted octanol–water partition coefficient (Wildman–Crippen LogP) is 1.46. The zero-order chi connectivity index (χ0) is 32.1. The maximum atomic E-state index is 13.5. The van der Waals surface area contributed by atoms with Crippen LogP contribution in [0.1, 0.15) is 62.6 Å². The van der Waals surface area contributed by atoms with Gasteiger partial charge in [0.15, 0.2) is 0 Å². The number of piperazine rings is 1. The highest BCUT2D eigenvalue weighted by molar-refractivity contribution is 6.25. The Hall–Kier alpha value is -4.85. The van der Waals surface area contributed by atoms with Gasteiger partial charge in [0, 0.05) is 76.6 Å². The minimum absolute atomic E-state index is 0.0877. The van der Waals surface area contributed by atoms with Gasteiger partial charge in [-0.05, 0) is 44.2 Å². The Balaban J connectivity index is 0.924. The van der Waals surface area contributed by atoms with E-state index in [9.17, 15) is 24.0 Å². The molecule has 4 aliphatic heterocycles. The van der Waals surface area contributed by atoms with Crippen LogP contribution in [-0.2, 0) is 16.6 Å². The number of carbonyl (C=O) groups excluding carboxylic acids is 5. The molecule has 1 unspecified atom stereocenters. The topological polar surface area (TPSA) is 154 Å². The Labute approximate surface area is 265 Å². The quantitative estimate of drug-likeness (QED) is 0.397. The Morgan fingerprint density at radius 1 is 0.978 bits per heavy atom. The Morgan fingerprint density at radius 2 is 1.74 bits per heavy atom. The van der Waals surface area contributed by atoms with E-state index in [2.05, 4.69) is 25.4 Å². The Bertz CT molecular complexity index is 1730. The molecule has 0 bridgehead atoms. The number of rotatable bonds is 6. The van der Waals surface area contributed by atoms with Crippen molar-refractivity contribution >= 4 is 35.2 Å². The summed E-state index contributed by atoms with van der Waals surface area (Å²) < 4.78 is 7.16. The van der Waals surface area contributed by atoms with E-state index >= 15 is 0 Å². The summed E-state index contributed by atoms with van der Waals surface area (Å²) in [6, 6.07) is 5.97. The number of aryl methyl sites for hydroxylation is 1. The summed E-state index contributed by atoms with van der Waals surface area (Å²) in [5.41, 5.74) is 3.74. The molecule has 1 atom stereocenters. The number of anilines is 1. The maximum absolute atomic E-state index is 13.5. The zero-order valence-electron chi connectivity index (χ0n) is 25.9. The number of aromatic nitrogens is 3. The molecule has 240 valence electrons. The fraction of sp³-hybridized carbons (Fsp3) is 0.469. The molecule has 1 N–H and O–H groups in total. The number of fused-ring (bicyclic) bond motifs is 1. The third-order valence-corrected chi connectivity index (χ3v) is 9.81. The van der Waals surface area contributed by atoms with Crippen molar-refractivity contribution in [3.63, 3.8) is 0 Å². The first-order chi connectivity index (χ1) is 22.2. The lowest BCUT2D eigenvalue weighted by Crippen LogP contribution is -2.54. The molecule has 4 aliphatic rings. The van der Waals surface area contributed by atoms with Gasteiger partial charge in [-0.2, -0.15) is 5.10 Å². The van der Waals surface area contributed by atoms with Crippen LogP contribution in [0.5, 0.6) is 0 Å². The van der Waals surface area contributed by atoms with Crippen LogP contribution in [-0.4, -0.2) is 111 Å². The van der Waals surface area contributed by atoms with E-state index in [1.54, 1.807) is 29.1 Å². The smallest absolute Gasteiger partial charge is 0.292 e. The second-order valence-corrected chi connectivity index (χ2v) is 12.5. The predicted molar refractivity (Wildman–Crippen MR) is 164 cm³/mol. The average molecular weight is 629 g/mol. The summed E-state index contributed by atoms with van der Waals surface area (Å²) in [5, 5.41) is 10.6. The average Bonchev–Trinajstić information content (AvgIpc) is 3.74. The molecule has 0 spiro atoms. The maximum Gasteiger partial charge on any atom is 0.292 e. The van der Waals surface area contributed by atoms with Gasteiger partial charge in [-0.25, -0.2) is 0 Å². The van der Waals surface area contributed by atoms with E-state index in [0.29, 0.717) is 41.5 Å². The van der Waals surface area contributed by atoms with Crippen molar-refractivity contribution in [2.75, 3.05) is 50.7 Å². The summed E-state index contributed by atoms with van der Waals surface area (Å²) in [4.78, 5) is 71.4. The van der Waals surface area contributed by atoms with Crippen LogP contribution < -0.4 is 10.2 Å². The molecular weight excluding hydrogens is 592 g/mol. The molecule has 14 nitrogen and oxygen atoms in total. The lowest BCUT2D eigenvalue weighted by molar-refractivity contribution is -0.136. The van der Waals surface area contributed by atoms with E-state index in [-0.39, 0.29) is 24.5 Å². The van der Waals surface area contributed by atoms with Gasteiger partial charge in [-0.1, -0.05) is 11.2 Å².